The molecule has 1 aliphatic heterocycles. The van der Waals surface area contributed by atoms with Crippen LogP contribution in [0.2, 0.25) is 0 Å². The number of halogens is 1. The summed E-state index contributed by atoms with van der Waals surface area (Å²) >= 11 is 5.10. The molecule has 1 aromatic carbocycles. The first kappa shape index (κ1) is 20.4. The van der Waals surface area contributed by atoms with Gasteiger partial charge in [-0.25, -0.2) is 9.97 Å². The lowest BCUT2D eigenvalue weighted by Gasteiger charge is -2.55. The molecule has 7 nitrogen and oxygen atoms in total. The van der Waals surface area contributed by atoms with E-state index in [1.165, 1.54) is 24.6 Å². The molecule has 0 spiro atoms. The predicted octanol–water partition coefficient (Wildman–Crippen LogP) is 5.26. The van der Waals surface area contributed by atoms with Crippen molar-refractivity contribution in [1.29, 1.82) is 5.41 Å². The highest BCUT2D eigenvalue weighted by Crippen LogP contribution is 2.58. The van der Waals surface area contributed by atoms with E-state index in [4.69, 9.17) is 19.9 Å². The lowest BCUT2D eigenvalue weighted by atomic mass is 9.50. The van der Waals surface area contributed by atoms with Gasteiger partial charge in [0.1, 0.15) is 5.52 Å². The first-order chi connectivity index (χ1) is 15.4. The summed E-state index contributed by atoms with van der Waals surface area (Å²) in [7, 11) is 0. The lowest BCUT2D eigenvalue weighted by molar-refractivity contribution is -0.00184. The number of hydrogen-bond acceptors (Lipinski definition) is 6. The molecule has 2 unspecified atom stereocenters. The van der Waals surface area contributed by atoms with E-state index < -0.39 is 0 Å². The molecular formula is C23H24BrN5O2S. The van der Waals surface area contributed by atoms with Crippen LogP contribution >= 0.6 is 27.7 Å². The van der Waals surface area contributed by atoms with Crippen molar-refractivity contribution in [3.05, 3.63) is 40.1 Å². The van der Waals surface area contributed by atoms with Gasteiger partial charge in [-0.1, -0.05) is 37.3 Å². The van der Waals surface area contributed by atoms with Gasteiger partial charge >= 0.3 is 0 Å². The van der Waals surface area contributed by atoms with E-state index in [9.17, 15) is 0 Å². The Labute approximate surface area is 198 Å². The zero-order valence-corrected chi connectivity index (χ0v) is 20.3. The molecule has 1 saturated carbocycles. The molecular weight excluding hydrogens is 490 g/mol. The molecule has 2 atom stereocenters. The molecule has 2 bridgehead atoms. The van der Waals surface area contributed by atoms with Crippen molar-refractivity contribution in [3.63, 3.8) is 0 Å². The van der Waals surface area contributed by atoms with Gasteiger partial charge in [0.2, 0.25) is 6.79 Å². The largest absolute Gasteiger partial charge is 0.454 e. The van der Waals surface area contributed by atoms with E-state index in [-0.39, 0.29) is 12.3 Å². The second-order valence-corrected chi connectivity index (χ2v) is 11.3. The predicted molar refractivity (Wildman–Crippen MR) is 125 cm³/mol. The maximum Gasteiger partial charge on any atom is 0.231 e. The summed E-state index contributed by atoms with van der Waals surface area (Å²) in [6.45, 7) is 5.85. The molecule has 2 N–H and O–H groups in total. The smallest absolute Gasteiger partial charge is 0.231 e. The standard InChI is InChI=1S/C23H24BrN5O2S/c1-23(2)13-5-12(6-14(23)7-13)3-4-29-10-26-20(25)19-21(29)28-22(27-19)32-18-9-17-16(8-15(18)24)30-11-31-17/h5,8-10,13-14,25H,3-4,6-7,11H2,1-2H3,(H,27,28). The average molecular weight is 514 g/mol. The van der Waals surface area contributed by atoms with Gasteiger partial charge in [-0.15, -0.1) is 0 Å². The number of imidazole rings is 1. The Morgan fingerprint density at radius 1 is 1.31 bits per heavy atom. The zero-order valence-electron chi connectivity index (χ0n) is 17.9. The molecule has 1 fully saturated rings. The minimum atomic E-state index is 0.209. The Kier molecular flexibility index (Phi) is 4.69. The first-order valence-corrected chi connectivity index (χ1v) is 12.5. The first-order valence-electron chi connectivity index (χ1n) is 10.8. The van der Waals surface area contributed by atoms with E-state index >= 15 is 0 Å². The van der Waals surface area contributed by atoms with Crippen LogP contribution in [0.15, 0.2) is 44.6 Å². The van der Waals surface area contributed by atoms with Crippen LogP contribution in [0, 0.1) is 22.7 Å². The molecule has 9 heteroatoms. The van der Waals surface area contributed by atoms with Gasteiger partial charge in [0, 0.05) is 15.9 Å². The zero-order chi connectivity index (χ0) is 22.0. The molecule has 0 radical (unpaired) electrons. The van der Waals surface area contributed by atoms with Gasteiger partial charge in [-0.3, -0.25) is 5.41 Å². The van der Waals surface area contributed by atoms with Crippen LogP contribution in [0.1, 0.15) is 33.1 Å². The fraction of sp³-hybridized carbons (Fsp3) is 0.435. The Hall–Kier alpha value is -2.26. The third-order valence-corrected chi connectivity index (χ3v) is 9.16. The molecule has 0 amide bonds. The highest BCUT2D eigenvalue weighted by Gasteiger charge is 2.49. The summed E-state index contributed by atoms with van der Waals surface area (Å²) in [4.78, 5) is 13.3. The van der Waals surface area contributed by atoms with Crippen LogP contribution in [-0.4, -0.2) is 26.3 Å². The van der Waals surface area contributed by atoms with E-state index in [1.54, 1.807) is 11.9 Å². The van der Waals surface area contributed by atoms with Crippen LogP contribution in [-0.2, 0) is 6.54 Å². The number of nitrogens with zero attached hydrogens (tertiary/aromatic N) is 3. The number of benzene rings is 1. The number of rotatable bonds is 5. The van der Waals surface area contributed by atoms with Crippen molar-refractivity contribution in [1.82, 2.24) is 19.5 Å². The molecule has 3 heterocycles. The van der Waals surface area contributed by atoms with Crippen molar-refractivity contribution in [2.75, 3.05) is 6.79 Å². The van der Waals surface area contributed by atoms with Crippen molar-refractivity contribution >= 4 is 38.9 Å². The van der Waals surface area contributed by atoms with Gasteiger partial charge in [0.05, 0.1) is 6.33 Å². The number of aromatic nitrogens is 4. The average Bonchev–Trinajstić information content (AvgIpc) is 3.41. The summed E-state index contributed by atoms with van der Waals surface area (Å²) in [5.41, 5.74) is 3.66. The quantitative estimate of drug-likeness (QED) is 0.454. The van der Waals surface area contributed by atoms with E-state index in [1.807, 2.05) is 12.1 Å². The third-order valence-electron chi connectivity index (χ3n) is 7.30. The monoisotopic (exact) mass is 513 g/mol. The molecule has 32 heavy (non-hydrogen) atoms. The van der Waals surface area contributed by atoms with Crippen molar-refractivity contribution in [3.8, 4) is 11.5 Å². The van der Waals surface area contributed by atoms with E-state index in [2.05, 4.69) is 50.4 Å². The molecule has 3 aliphatic carbocycles. The second-order valence-electron chi connectivity index (χ2n) is 9.40. The highest BCUT2D eigenvalue weighted by molar-refractivity contribution is 9.10. The Balaban J connectivity index is 1.25. The highest BCUT2D eigenvalue weighted by atomic mass is 79.9. The summed E-state index contributed by atoms with van der Waals surface area (Å²) in [6, 6.07) is 3.86. The molecule has 4 aliphatic rings. The van der Waals surface area contributed by atoms with E-state index in [0.29, 0.717) is 10.9 Å². The van der Waals surface area contributed by atoms with Crippen molar-refractivity contribution in [2.45, 2.75) is 49.7 Å². The van der Waals surface area contributed by atoms with Gasteiger partial charge in [-0.05, 0) is 64.6 Å². The molecule has 166 valence electrons. The lowest BCUT2D eigenvalue weighted by Crippen LogP contribution is -2.46. The second kappa shape index (κ2) is 7.38. The van der Waals surface area contributed by atoms with E-state index in [0.717, 1.165) is 56.5 Å². The SMILES string of the molecule is CC1(C)C2C=C(CCn3cnc(=N)c4[nH]c(Sc5cc6c(cc5Br)OCO6)nc43)CC1C2. The number of ether oxygens (including phenoxy) is 2. The molecule has 0 saturated heterocycles. The number of fused-ring (bicyclic) bond motifs is 3. The van der Waals surface area contributed by atoms with Crippen molar-refractivity contribution < 1.29 is 9.47 Å². The summed E-state index contributed by atoms with van der Waals surface area (Å²) in [6.07, 6.45) is 7.80. The minimum absolute atomic E-state index is 0.209. The summed E-state index contributed by atoms with van der Waals surface area (Å²) in [5, 5.41) is 8.96. The normalized spacial score (nSPS) is 22.7. The van der Waals surface area contributed by atoms with Crippen LogP contribution in [0.25, 0.3) is 11.2 Å². The van der Waals surface area contributed by atoms with Crippen molar-refractivity contribution in [2.24, 2.45) is 17.3 Å². The number of hydrogen-bond donors (Lipinski definition) is 2. The summed E-state index contributed by atoms with van der Waals surface area (Å²) < 4.78 is 13.9. The Morgan fingerprint density at radius 2 is 2.12 bits per heavy atom. The summed E-state index contributed by atoms with van der Waals surface area (Å²) in [5.74, 6) is 3.01. The van der Waals surface area contributed by atoms with Crippen LogP contribution in [0.4, 0.5) is 0 Å². The fourth-order valence-corrected chi connectivity index (χ4v) is 6.44. The minimum Gasteiger partial charge on any atom is -0.454 e. The molecule has 7 rings (SSSR count). The third kappa shape index (κ3) is 3.28. The van der Waals surface area contributed by atoms with Gasteiger partial charge < -0.3 is 19.0 Å². The molecule has 2 aromatic heterocycles. The van der Waals surface area contributed by atoms with Gasteiger partial charge in [0.15, 0.2) is 27.8 Å². The number of H-pyrrole nitrogens is 1. The Bertz CT molecular complexity index is 1330. The van der Waals surface area contributed by atoms with Crippen LogP contribution in [0.3, 0.4) is 0 Å². The van der Waals surface area contributed by atoms with Crippen LogP contribution in [0.5, 0.6) is 11.5 Å². The number of allylic oxidation sites excluding steroid dienone is 2. The van der Waals surface area contributed by atoms with Gasteiger partial charge in [-0.2, -0.15) is 0 Å². The van der Waals surface area contributed by atoms with Crippen LogP contribution < -0.4 is 15.0 Å². The maximum atomic E-state index is 8.24. The Morgan fingerprint density at radius 3 is 2.88 bits per heavy atom. The fourth-order valence-electron chi connectivity index (χ4n) is 5.06. The topological polar surface area (TPSA) is 88.8 Å². The number of aryl methyl sites for hydroxylation is 1. The number of aromatic amines is 1. The molecule has 3 aromatic rings. The van der Waals surface area contributed by atoms with Gasteiger partial charge in [0.25, 0.3) is 0 Å². The number of nitrogens with one attached hydrogen (secondary N) is 2. The maximum absolute atomic E-state index is 8.24.